The van der Waals surface area contributed by atoms with E-state index in [4.69, 9.17) is 0 Å². The van der Waals surface area contributed by atoms with Crippen molar-refractivity contribution in [3.05, 3.63) is 35.4 Å². The van der Waals surface area contributed by atoms with Crippen molar-refractivity contribution in [2.75, 3.05) is 6.54 Å². The zero-order chi connectivity index (χ0) is 14.0. The van der Waals surface area contributed by atoms with Crippen molar-refractivity contribution in [3.8, 4) is 0 Å². The molecule has 1 heterocycles. The van der Waals surface area contributed by atoms with Gasteiger partial charge in [-0.2, -0.15) is 0 Å². The van der Waals surface area contributed by atoms with Gasteiger partial charge in [0.1, 0.15) is 0 Å². The van der Waals surface area contributed by atoms with Gasteiger partial charge in [-0.3, -0.25) is 9.59 Å². The molecule has 0 saturated heterocycles. The third-order valence-corrected chi connectivity index (χ3v) is 3.84. The standard InChI is InChI=1S/C15H19NO3/c1-3-10(2)14(17)16-8-11-6-4-5-7-12(11)13(9-16)15(18)19/h4-7,10,13H,3,8-9H2,1-2H3,(H,18,19). The molecule has 2 rings (SSSR count). The van der Waals surface area contributed by atoms with Gasteiger partial charge in [0.25, 0.3) is 0 Å². The van der Waals surface area contributed by atoms with Crippen LogP contribution in [0.1, 0.15) is 37.3 Å². The van der Waals surface area contributed by atoms with Gasteiger partial charge in [-0.1, -0.05) is 38.1 Å². The van der Waals surface area contributed by atoms with Crippen LogP contribution < -0.4 is 0 Å². The maximum atomic E-state index is 12.2. The molecule has 1 amide bonds. The maximum Gasteiger partial charge on any atom is 0.312 e. The van der Waals surface area contributed by atoms with E-state index in [0.717, 1.165) is 17.5 Å². The fourth-order valence-electron chi connectivity index (χ4n) is 2.47. The summed E-state index contributed by atoms with van der Waals surface area (Å²) < 4.78 is 0. The second-order valence-electron chi connectivity index (χ2n) is 5.12. The summed E-state index contributed by atoms with van der Waals surface area (Å²) in [5.41, 5.74) is 1.78. The predicted molar refractivity (Wildman–Crippen MR) is 71.7 cm³/mol. The average molecular weight is 261 g/mol. The molecule has 1 aromatic rings. The van der Waals surface area contributed by atoms with Gasteiger partial charge in [0.2, 0.25) is 5.91 Å². The van der Waals surface area contributed by atoms with E-state index >= 15 is 0 Å². The molecule has 4 heteroatoms. The third-order valence-electron chi connectivity index (χ3n) is 3.84. The molecule has 19 heavy (non-hydrogen) atoms. The van der Waals surface area contributed by atoms with Gasteiger partial charge < -0.3 is 10.0 Å². The van der Waals surface area contributed by atoms with Crippen molar-refractivity contribution in [3.63, 3.8) is 0 Å². The SMILES string of the molecule is CCC(C)C(=O)N1Cc2ccccc2C(C(=O)O)C1. The normalized spacial score (nSPS) is 19.7. The zero-order valence-corrected chi connectivity index (χ0v) is 11.3. The smallest absolute Gasteiger partial charge is 0.312 e. The summed E-state index contributed by atoms with van der Waals surface area (Å²) in [6.45, 7) is 4.65. The maximum absolute atomic E-state index is 12.2. The lowest BCUT2D eigenvalue weighted by Gasteiger charge is -2.34. The average Bonchev–Trinajstić information content (AvgIpc) is 2.44. The predicted octanol–water partition coefficient (Wildman–Crippen LogP) is 2.24. The van der Waals surface area contributed by atoms with E-state index in [1.54, 1.807) is 4.90 Å². The van der Waals surface area contributed by atoms with E-state index in [1.165, 1.54) is 0 Å². The number of carbonyl (C=O) groups excluding carboxylic acids is 1. The van der Waals surface area contributed by atoms with Crippen LogP contribution in [-0.4, -0.2) is 28.4 Å². The minimum absolute atomic E-state index is 0.0447. The number of rotatable bonds is 3. The van der Waals surface area contributed by atoms with Crippen LogP contribution in [0.3, 0.4) is 0 Å². The Hall–Kier alpha value is -1.84. The number of hydrogen-bond donors (Lipinski definition) is 1. The van der Waals surface area contributed by atoms with Gasteiger partial charge in [0.05, 0.1) is 5.92 Å². The van der Waals surface area contributed by atoms with Crippen molar-refractivity contribution in [2.45, 2.75) is 32.7 Å². The molecule has 1 aliphatic rings. The van der Waals surface area contributed by atoms with Crippen LogP contribution in [0.25, 0.3) is 0 Å². The number of amides is 1. The van der Waals surface area contributed by atoms with Crippen LogP contribution in [0.2, 0.25) is 0 Å². The lowest BCUT2D eigenvalue weighted by molar-refractivity contribution is -0.142. The number of nitrogens with zero attached hydrogens (tertiary/aromatic N) is 1. The summed E-state index contributed by atoms with van der Waals surface area (Å²) in [5, 5.41) is 9.34. The number of benzene rings is 1. The molecule has 0 saturated carbocycles. The molecule has 0 aliphatic carbocycles. The zero-order valence-electron chi connectivity index (χ0n) is 11.3. The van der Waals surface area contributed by atoms with Crippen LogP contribution in [0.15, 0.2) is 24.3 Å². The number of carboxylic acids is 1. The first-order valence-electron chi connectivity index (χ1n) is 6.64. The highest BCUT2D eigenvalue weighted by atomic mass is 16.4. The Kier molecular flexibility index (Phi) is 3.88. The van der Waals surface area contributed by atoms with Crippen molar-refractivity contribution >= 4 is 11.9 Å². The molecule has 4 nitrogen and oxygen atoms in total. The van der Waals surface area contributed by atoms with E-state index < -0.39 is 11.9 Å². The van der Waals surface area contributed by atoms with Crippen molar-refractivity contribution in [1.82, 2.24) is 4.90 Å². The molecule has 1 aliphatic heterocycles. The van der Waals surface area contributed by atoms with Gasteiger partial charge in [0, 0.05) is 19.0 Å². The molecule has 2 atom stereocenters. The van der Waals surface area contributed by atoms with Crippen molar-refractivity contribution in [1.29, 1.82) is 0 Å². The Labute approximate surface area is 113 Å². The van der Waals surface area contributed by atoms with E-state index in [9.17, 15) is 14.7 Å². The minimum Gasteiger partial charge on any atom is -0.481 e. The molecule has 0 spiro atoms. The van der Waals surface area contributed by atoms with Crippen LogP contribution >= 0.6 is 0 Å². The van der Waals surface area contributed by atoms with Crippen LogP contribution in [0.4, 0.5) is 0 Å². The lowest BCUT2D eigenvalue weighted by atomic mass is 9.89. The Bertz CT molecular complexity index is 498. The summed E-state index contributed by atoms with van der Waals surface area (Å²) in [7, 11) is 0. The molecule has 1 aromatic carbocycles. The molecular formula is C15H19NO3. The van der Waals surface area contributed by atoms with Gasteiger partial charge >= 0.3 is 5.97 Å². The highest BCUT2D eigenvalue weighted by Crippen LogP contribution is 2.29. The second kappa shape index (κ2) is 5.43. The van der Waals surface area contributed by atoms with Crippen molar-refractivity contribution < 1.29 is 14.7 Å². The van der Waals surface area contributed by atoms with E-state index in [2.05, 4.69) is 0 Å². The van der Waals surface area contributed by atoms with Crippen molar-refractivity contribution in [2.24, 2.45) is 5.92 Å². The minimum atomic E-state index is -0.867. The molecule has 0 radical (unpaired) electrons. The summed E-state index contributed by atoms with van der Waals surface area (Å²) >= 11 is 0. The van der Waals surface area contributed by atoms with E-state index in [1.807, 2.05) is 38.1 Å². The topological polar surface area (TPSA) is 57.6 Å². The second-order valence-corrected chi connectivity index (χ2v) is 5.12. The highest BCUT2D eigenvalue weighted by Gasteiger charge is 2.33. The highest BCUT2D eigenvalue weighted by molar-refractivity contribution is 5.82. The van der Waals surface area contributed by atoms with E-state index in [-0.39, 0.29) is 18.4 Å². The molecule has 102 valence electrons. The molecule has 0 aromatic heterocycles. The Morgan fingerprint density at radius 3 is 2.74 bits per heavy atom. The first-order chi connectivity index (χ1) is 9.04. The summed E-state index contributed by atoms with van der Waals surface area (Å²) in [6, 6.07) is 7.48. The monoisotopic (exact) mass is 261 g/mol. The Morgan fingerprint density at radius 1 is 1.42 bits per heavy atom. The quantitative estimate of drug-likeness (QED) is 0.907. The van der Waals surface area contributed by atoms with Gasteiger partial charge in [-0.15, -0.1) is 0 Å². The summed E-state index contributed by atoms with van der Waals surface area (Å²) in [6.07, 6.45) is 0.773. The third kappa shape index (κ3) is 2.62. The Morgan fingerprint density at radius 2 is 2.11 bits per heavy atom. The fourth-order valence-corrected chi connectivity index (χ4v) is 2.47. The van der Waals surface area contributed by atoms with Gasteiger partial charge in [-0.05, 0) is 17.5 Å². The molecule has 0 bridgehead atoms. The summed E-state index contributed by atoms with van der Waals surface area (Å²) in [5.74, 6) is -1.49. The molecule has 2 unspecified atom stereocenters. The Balaban J connectivity index is 2.30. The first-order valence-corrected chi connectivity index (χ1v) is 6.64. The fraction of sp³-hybridized carbons (Fsp3) is 0.467. The van der Waals surface area contributed by atoms with Crippen LogP contribution in [0, 0.1) is 5.92 Å². The molecular weight excluding hydrogens is 242 g/mol. The van der Waals surface area contributed by atoms with E-state index in [0.29, 0.717) is 6.54 Å². The largest absolute Gasteiger partial charge is 0.481 e. The van der Waals surface area contributed by atoms with Gasteiger partial charge in [0.15, 0.2) is 0 Å². The molecule has 1 N–H and O–H groups in total. The number of fused-ring (bicyclic) bond motifs is 1. The van der Waals surface area contributed by atoms with Crippen LogP contribution in [0.5, 0.6) is 0 Å². The number of carboxylic acid groups (broad SMARTS) is 1. The number of aliphatic carboxylic acids is 1. The van der Waals surface area contributed by atoms with Crippen LogP contribution in [-0.2, 0) is 16.1 Å². The van der Waals surface area contributed by atoms with Gasteiger partial charge in [-0.25, -0.2) is 0 Å². The number of carbonyl (C=O) groups is 2. The first kappa shape index (κ1) is 13.6. The number of hydrogen-bond acceptors (Lipinski definition) is 2. The lowest BCUT2D eigenvalue weighted by Crippen LogP contribution is -2.42. The molecule has 0 fully saturated rings. The summed E-state index contributed by atoms with van der Waals surface area (Å²) in [4.78, 5) is 25.3.